The van der Waals surface area contributed by atoms with Gasteiger partial charge in [-0.15, -0.1) is 0 Å². The van der Waals surface area contributed by atoms with E-state index in [0.29, 0.717) is 12.1 Å². The first-order valence-corrected chi connectivity index (χ1v) is 7.77. The molecule has 1 heterocycles. The summed E-state index contributed by atoms with van der Waals surface area (Å²) < 4.78 is 0. The van der Waals surface area contributed by atoms with Gasteiger partial charge in [-0.1, -0.05) is 19.3 Å². The van der Waals surface area contributed by atoms with Crippen LogP contribution in [0.3, 0.4) is 0 Å². The molecule has 1 saturated carbocycles. The van der Waals surface area contributed by atoms with E-state index in [1.54, 1.807) is 6.92 Å². The van der Waals surface area contributed by atoms with Gasteiger partial charge in [-0.25, -0.2) is 5.43 Å². The standard InChI is InChI=1S/C15H25N3O2/c1-12(11-14(19)18-9-5-6-10-18)16-17-15(20)13-7-3-2-4-8-13/h13H,2-11H2,1H3,(H,17,20)/b16-12-. The van der Waals surface area contributed by atoms with Gasteiger partial charge in [0.25, 0.3) is 0 Å². The van der Waals surface area contributed by atoms with Crippen molar-refractivity contribution in [3.63, 3.8) is 0 Å². The van der Waals surface area contributed by atoms with Crippen LogP contribution in [-0.2, 0) is 9.59 Å². The summed E-state index contributed by atoms with van der Waals surface area (Å²) in [5, 5.41) is 4.08. The molecular formula is C15H25N3O2. The Bertz CT molecular complexity index is 381. The molecule has 0 unspecified atom stereocenters. The third-order valence-electron chi connectivity index (χ3n) is 4.20. The van der Waals surface area contributed by atoms with Crippen LogP contribution in [0.5, 0.6) is 0 Å². The molecule has 0 bridgehead atoms. The van der Waals surface area contributed by atoms with Gasteiger partial charge in [-0.2, -0.15) is 5.10 Å². The van der Waals surface area contributed by atoms with Crippen LogP contribution in [0.1, 0.15) is 58.3 Å². The van der Waals surface area contributed by atoms with Crippen molar-refractivity contribution in [1.29, 1.82) is 0 Å². The van der Waals surface area contributed by atoms with Crippen LogP contribution in [0, 0.1) is 5.92 Å². The number of likely N-dealkylation sites (tertiary alicyclic amines) is 1. The van der Waals surface area contributed by atoms with E-state index in [1.165, 1.54) is 6.42 Å². The van der Waals surface area contributed by atoms with Crippen molar-refractivity contribution >= 4 is 17.5 Å². The number of nitrogens with zero attached hydrogens (tertiary/aromatic N) is 2. The summed E-state index contributed by atoms with van der Waals surface area (Å²) >= 11 is 0. The molecule has 0 atom stereocenters. The molecule has 0 spiro atoms. The molecular weight excluding hydrogens is 254 g/mol. The minimum atomic E-state index is 0.0117. The topological polar surface area (TPSA) is 61.8 Å². The van der Waals surface area contributed by atoms with Gasteiger partial charge < -0.3 is 4.90 Å². The quantitative estimate of drug-likeness (QED) is 0.632. The van der Waals surface area contributed by atoms with Gasteiger partial charge in [0, 0.05) is 24.7 Å². The molecule has 20 heavy (non-hydrogen) atoms. The Labute approximate surface area is 120 Å². The average Bonchev–Trinajstić information content (AvgIpc) is 3.00. The van der Waals surface area contributed by atoms with Crippen molar-refractivity contribution in [2.24, 2.45) is 11.0 Å². The van der Waals surface area contributed by atoms with Crippen LogP contribution in [0.15, 0.2) is 5.10 Å². The Morgan fingerprint density at radius 3 is 2.40 bits per heavy atom. The molecule has 0 radical (unpaired) electrons. The third-order valence-corrected chi connectivity index (χ3v) is 4.20. The zero-order chi connectivity index (χ0) is 14.4. The second kappa shape index (κ2) is 7.41. The fraction of sp³-hybridized carbons (Fsp3) is 0.800. The van der Waals surface area contributed by atoms with Crippen LogP contribution in [-0.4, -0.2) is 35.5 Å². The van der Waals surface area contributed by atoms with E-state index in [9.17, 15) is 9.59 Å². The number of nitrogens with one attached hydrogen (secondary N) is 1. The van der Waals surface area contributed by atoms with Crippen molar-refractivity contribution in [3.05, 3.63) is 0 Å². The Hall–Kier alpha value is -1.39. The van der Waals surface area contributed by atoms with Crippen molar-refractivity contribution in [3.8, 4) is 0 Å². The molecule has 2 fully saturated rings. The normalized spacial score (nSPS) is 21.1. The molecule has 2 rings (SSSR count). The molecule has 0 aromatic carbocycles. The predicted molar refractivity (Wildman–Crippen MR) is 78.3 cm³/mol. The van der Waals surface area contributed by atoms with Gasteiger partial charge in [-0.05, 0) is 32.6 Å². The lowest BCUT2D eigenvalue weighted by Crippen LogP contribution is -2.31. The first-order chi connectivity index (χ1) is 9.66. The first-order valence-electron chi connectivity index (χ1n) is 7.77. The van der Waals surface area contributed by atoms with Crippen molar-refractivity contribution < 1.29 is 9.59 Å². The van der Waals surface area contributed by atoms with E-state index >= 15 is 0 Å². The largest absolute Gasteiger partial charge is 0.342 e. The number of hydrogen-bond acceptors (Lipinski definition) is 3. The Kier molecular flexibility index (Phi) is 5.56. The molecule has 1 N–H and O–H groups in total. The van der Waals surface area contributed by atoms with Gasteiger partial charge in [0.05, 0.1) is 6.42 Å². The first kappa shape index (κ1) is 15.0. The Morgan fingerprint density at radius 2 is 1.75 bits per heavy atom. The minimum absolute atomic E-state index is 0.0117. The summed E-state index contributed by atoms with van der Waals surface area (Å²) in [6, 6.07) is 0. The molecule has 112 valence electrons. The summed E-state index contributed by atoms with van der Waals surface area (Å²) in [5.74, 6) is 0.239. The van der Waals surface area contributed by atoms with Gasteiger partial charge in [0.1, 0.15) is 0 Å². The van der Waals surface area contributed by atoms with Gasteiger partial charge in [0.15, 0.2) is 0 Å². The molecule has 2 amide bonds. The number of amides is 2. The molecule has 1 aliphatic carbocycles. The van der Waals surface area contributed by atoms with E-state index in [1.807, 2.05) is 4.90 Å². The van der Waals surface area contributed by atoms with E-state index in [0.717, 1.165) is 51.6 Å². The molecule has 0 aromatic heterocycles. The summed E-state index contributed by atoms with van der Waals surface area (Å²) in [4.78, 5) is 25.7. The molecule has 1 saturated heterocycles. The molecule has 5 heteroatoms. The van der Waals surface area contributed by atoms with Crippen molar-refractivity contribution in [1.82, 2.24) is 10.3 Å². The maximum absolute atomic E-state index is 11.9. The molecule has 0 aromatic rings. The van der Waals surface area contributed by atoms with Crippen LogP contribution < -0.4 is 5.43 Å². The smallest absolute Gasteiger partial charge is 0.243 e. The number of rotatable bonds is 4. The van der Waals surface area contributed by atoms with Crippen molar-refractivity contribution in [2.45, 2.75) is 58.3 Å². The van der Waals surface area contributed by atoms with E-state index in [-0.39, 0.29) is 17.7 Å². The lowest BCUT2D eigenvalue weighted by Gasteiger charge is -2.19. The third kappa shape index (κ3) is 4.32. The van der Waals surface area contributed by atoms with Gasteiger partial charge in [-0.3, -0.25) is 9.59 Å². The minimum Gasteiger partial charge on any atom is -0.342 e. The number of carbonyl (C=O) groups excluding carboxylic acids is 2. The average molecular weight is 279 g/mol. The van der Waals surface area contributed by atoms with E-state index in [2.05, 4.69) is 10.5 Å². The van der Waals surface area contributed by atoms with Crippen LogP contribution in [0.25, 0.3) is 0 Å². The number of hydrogen-bond donors (Lipinski definition) is 1. The zero-order valence-electron chi connectivity index (χ0n) is 12.4. The SMILES string of the molecule is C/C(CC(=O)N1CCCC1)=N/NC(=O)C1CCCCC1. The zero-order valence-corrected chi connectivity index (χ0v) is 12.4. The van der Waals surface area contributed by atoms with Crippen LogP contribution >= 0.6 is 0 Å². The Morgan fingerprint density at radius 1 is 1.10 bits per heavy atom. The highest BCUT2D eigenvalue weighted by molar-refractivity contribution is 6.00. The van der Waals surface area contributed by atoms with Crippen LogP contribution in [0.2, 0.25) is 0 Å². The van der Waals surface area contributed by atoms with E-state index < -0.39 is 0 Å². The Balaban J connectivity index is 1.74. The summed E-state index contributed by atoms with van der Waals surface area (Å²) in [7, 11) is 0. The summed E-state index contributed by atoms with van der Waals surface area (Å²) in [6.07, 6.45) is 7.94. The maximum atomic E-state index is 11.9. The monoisotopic (exact) mass is 279 g/mol. The molecule has 2 aliphatic rings. The second-order valence-electron chi connectivity index (χ2n) is 5.92. The fourth-order valence-electron chi connectivity index (χ4n) is 2.94. The number of hydrazone groups is 1. The number of carbonyl (C=O) groups is 2. The predicted octanol–water partition coefficient (Wildman–Crippen LogP) is 2.07. The molecule has 5 nitrogen and oxygen atoms in total. The second-order valence-corrected chi connectivity index (χ2v) is 5.92. The maximum Gasteiger partial charge on any atom is 0.243 e. The van der Waals surface area contributed by atoms with Crippen LogP contribution in [0.4, 0.5) is 0 Å². The van der Waals surface area contributed by atoms with Gasteiger partial charge in [0.2, 0.25) is 11.8 Å². The lowest BCUT2D eigenvalue weighted by atomic mass is 9.89. The summed E-state index contributed by atoms with van der Waals surface area (Å²) in [5.41, 5.74) is 3.31. The van der Waals surface area contributed by atoms with E-state index in [4.69, 9.17) is 0 Å². The fourth-order valence-corrected chi connectivity index (χ4v) is 2.94. The lowest BCUT2D eigenvalue weighted by molar-refractivity contribution is -0.129. The highest BCUT2D eigenvalue weighted by Gasteiger charge is 2.21. The summed E-state index contributed by atoms with van der Waals surface area (Å²) in [6.45, 7) is 3.52. The van der Waals surface area contributed by atoms with Gasteiger partial charge >= 0.3 is 0 Å². The van der Waals surface area contributed by atoms with Crippen molar-refractivity contribution in [2.75, 3.05) is 13.1 Å². The molecule has 1 aliphatic heterocycles. The highest BCUT2D eigenvalue weighted by atomic mass is 16.2. The highest BCUT2D eigenvalue weighted by Crippen LogP contribution is 2.23.